The molecule has 186 valence electrons. The van der Waals surface area contributed by atoms with E-state index in [-0.39, 0.29) is 17.0 Å². The van der Waals surface area contributed by atoms with E-state index < -0.39 is 0 Å². The Kier molecular flexibility index (Phi) is 6.81. The summed E-state index contributed by atoms with van der Waals surface area (Å²) < 4.78 is 15.8. The predicted octanol–water partition coefficient (Wildman–Crippen LogP) is 7.15. The smallest absolute Gasteiger partial charge is 0.162 e. The van der Waals surface area contributed by atoms with Gasteiger partial charge in [0.1, 0.15) is 5.82 Å². The first-order chi connectivity index (χ1) is 17.3. The van der Waals surface area contributed by atoms with E-state index in [1.165, 1.54) is 39.9 Å². The zero-order chi connectivity index (χ0) is 25.3. The first-order valence-corrected chi connectivity index (χ1v) is 13.0. The SMILES string of the molecule is CC(C)(C)c1ccc(C(=O)CCCN2CCc3c(n(Cc4ccc(F)cc4)c4ccccc34)C2)cc1. The largest absolute Gasteiger partial charge is 0.339 e. The Balaban J connectivity index is 1.26. The number of rotatable bonds is 7. The van der Waals surface area contributed by atoms with E-state index in [1.807, 2.05) is 24.3 Å². The lowest BCUT2D eigenvalue weighted by atomic mass is 9.86. The fourth-order valence-electron chi connectivity index (χ4n) is 5.36. The van der Waals surface area contributed by atoms with Crippen molar-refractivity contribution in [2.75, 3.05) is 13.1 Å². The number of ketones is 1. The number of carbonyl (C=O) groups excluding carboxylic acids is 1. The van der Waals surface area contributed by atoms with Gasteiger partial charge in [-0.3, -0.25) is 9.69 Å². The predicted molar refractivity (Wildman–Crippen MR) is 145 cm³/mol. The quantitative estimate of drug-likeness (QED) is 0.261. The normalized spacial score (nSPS) is 14.2. The van der Waals surface area contributed by atoms with Crippen LogP contribution in [0.25, 0.3) is 10.9 Å². The molecule has 3 aromatic carbocycles. The number of hydrogen-bond acceptors (Lipinski definition) is 2. The average Bonchev–Trinajstić information content (AvgIpc) is 3.18. The van der Waals surface area contributed by atoms with Crippen molar-refractivity contribution in [2.45, 2.75) is 58.5 Å². The molecule has 0 N–H and O–H groups in total. The summed E-state index contributed by atoms with van der Waals surface area (Å²) in [7, 11) is 0. The molecule has 0 atom stereocenters. The van der Waals surface area contributed by atoms with Crippen molar-refractivity contribution < 1.29 is 9.18 Å². The van der Waals surface area contributed by atoms with Crippen LogP contribution in [0.4, 0.5) is 4.39 Å². The number of nitrogens with zero attached hydrogens (tertiary/aromatic N) is 2. The second-order valence-corrected chi connectivity index (χ2v) is 11.0. The molecule has 0 saturated heterocycles. The van der Waals surface area contributed by atoms with Crippen LogP contribution in [-0.4, -0.2) is 28.3 Å². The van der Waals surface area contributed by atoms with Crippen LogP contribution in [-0.2, 0) is 24.9 Å². The molecule has 0 amide bonds. The summed E-state index contributed by atoms with van der Waals surface area (Å²) in [6.07, 6.45) is 2.43. The van der Waals surface area contributed by atoms with Gasteiger partial charge in [0.25, 0.3) is 0 Å². The molecule has 1 aromatic heterocycles. The van der Waals surface area contributed by atoms with E-state index >= 15 is 0 Å². The van der Waals surface area contributed by atoms with Crippen LogP contribution in [0.3, 0.4) is 0 Å². The van der Waals surface area contributed by atoms with Crippen molar-refractivity contribution in [3.05, 3.63) is 107 Å². The topological polar surface area (TPSA) is 25.2 Å². The van der Waals surface area contributed by atoms with E-state index in [4.69, 9.17) is 0 Å². The molecule has 1 aliphatic heterocycles. The molecule has 4 heteroatoms. The second-order valence-electron chi connectivity index (χ2n) is 11.0. The van der Waals surface area contributed by atoms with E-state index in [1.54, 1.807) is 0 Å². The highest BCUT2D eigenvalue weighted by Crippen LogP contribution is 2.32. The highest BCUT2D eigenvalue weighted by molar-refractivity contribution is 5.96. The molecule has 3 nitrogen and oxygen atoms in total. The van der Waals surface area contributed by atoms with Crippen molar-refractivity contribution in [1.29, 1.82) is 0 Å². The van der Waals surface area contributed by atoms with Gasteiger partial charge in [-0.05, 0) is 59.7 Å². The fourth-order valence-corrected chi connectivity index (χ4v) is 5.36. The first kappa shape index (κ1) is 24.5. The molecule has 0 saturated carbocycles. The third-order valence-corrected chi connectivity index (χ3v) is 7.45. The number of para-hydroxylation sites is 1. The van der Waals surface area contributed by atoms with Gasteiger partial charge in [-0.2, -0.15) is 0 Å². The summed E-state index contributed by atoms with van der Waals surface area (Å²) in [5, 5.41) is 1.32. The monoisotopic (exact) mass is 482 g/mol. The Morgan fingerprint density at radius 3 is 2.39 bits per heavy atom. The molecule has 4 aromatic rings. The third kappa shape index (κ3) is 5.15. The van der Waals surface area contributed by atoms with Gasteiger partial charge in [0.15, 0.2) is 5.78 Å². The minimum Gasteiger partial charge on any atom is -0.339 e. The van der Waals surface area contributed by atoms with E-state index in [2.05, 4.69) is 66.6 Å². The fraction of sp³-hybridized carbons (Fsp3) is 0.344. The van der Waals surface area contributed by atoms with Crippen LogP contribution in [0.1, 0.15) is 66.4 Å². The molecule has 0 radical (unpaired) electrons. The van der Waals surface area contributed by atoms with Gasteiger partial charge in [0.05, 0.1) is 0 Å². The number of fused-ring (bicyclic) bond motifs is 3. The van der Waals surface area contributed by atoms with E-state index in [0.717, 1.165) is 50.1 Å². The van der Waals surface area contributed by atoms with Crippen molar-refractivity contribution in [3.63, 3.8) is 0 Å². The van der Waals surface area contributed by atoms with Crippen molar-refractivity contribution in [2.24, 2.45) is 0 Å². The second kappa shape index (κ2) is 10.0. The van der Waals surface area contributed by atoms with Crippen molar-refractivity contribution in [1.82, 2.24) is 9.47 Å². The Hall–Kier alpha value is -3.24. The van der Waals surface area contributed by atoms with E-state index in [9.17, 15) is 9.18 Å². The third-order valence-electron chi connectivity index (χ3n) is 7.45. The van der Waals surface area contributed by atoms with Crippen LogP contribution in [0.2, 0.25) is 0 Å². The summed E-state index contributed by atoms with van der Waals surface area (Å²) in [5.41, 5.74) is 7.26. The van der Waals surface area contributed by atoms with Crippen molar-refractivity contribution >= 4 is 16.7 Å². The molecular formula is C32H35FN2O. The zero-order valence-electron chi connectivity index (χ0n) is 21.6. The standard InChI is InChI=1S/C32H35FN2O/c1-32(2,3)25-14-12-24(13-15-25)31(36)9-6-19-34-20-18-28-27-7-4-5-8-29(27)35(30(28)22-34)21-23-10-16-26(33)17-11-23/h4-5,7-8,10-17H,6,9,18-22H2,1-3H3. The van der Waals surface area contributed by atoms with Crippen LogP contribution in [0.15, 0.2) is 72.8 Å². The van der Waals surface area contributed by atoms with Gasteiger partial charge < -0.3 is 4.57 Å². The van der Waals surface area contributed by atoms with Crippen LogP contribution in [0.5, 0.6) is 0 Å². The Morgan fingerprint density at radius 1 is 0.944 bits per heavy atom. The highest BCUT2D eigenvalue weighted by Gasteiger charge is 2.24. The first-order valence-electron chi connectivity index (χ1n) is 13.0. The minimum atomic E-state index is -0.205. The van der Waals surface area contributed by atoms with Gasteiger partial charge in [0.2, 0.25) is 0 Å². The summed E-state index contributed by atoms with van der Waals surface area (Å²) in [4.78, 5) is 15.3. The molecule has 0 aliphatic carbocycles. The summed E-state index contributed by atoms with van der Waals surface area (Å²) >= 11 is 0. The summed E-state index contributed by atoms with van der Waals surface area (Å²) in [6, 6.07) is 23.5. The molecule has 36 heavy (non-hydrogen) atoms. The number of carbonyl (C=O) groups is 1. The van der Waals surface area contributed by atoms with Crippen LogP contribution in [0, 0.1) is 5.82 Å². The zero-order valence-corrected chi connectivity index (χ0v) is 21.6. The maximum absolute atomic E-state index is 13.5. The minimum absolute atomic E-state index is 0.0911. The average molecular weight is 483 g/mol. The number of hydrogen-bond donors (Lipinski definition) is 0. The molecule has 1 aliphatic rings. The summed E-state index contributed by atoms with van der Waals surface area (Å²) in [6.45, 7) is 10.1. The lowest BCUT2D eigenvalue weighted by Gasteiger charge is -2.28. The van der Waals surface area contributed by atoms with Crippen molar-refractivity contribution in [3.8, 4) is 0 Å². The van der Waals surface area contributed by atoms with Gasteiger partial charge in [-0.1, -0.05) is 75.4 Å². The molecule has 5 rings (SSSR count). The molecule has 0 spiro atoms. The molecule has 0 fully saturated rings. The van der Waals surface area contributed by atoms with Gasteiger partial charge in [-0.25, -0.2) is 4.39 Å². The van der Waals surface area contributed by atoms with Crippen LogP contribution < -0.4 is 0 Å². The highest BCUT2D eigenvalue weighted by atomic mass is 19.1. The van der Waals surface area contributed by atoms with E-state index in [0.29, 0.717) is 6.42 Å². The molecule has 0 bridgehead atoms. The lowest BCUT2D eigenvalue weighted by molar-refractivity contribution is 0.0973. The van der Waals surface area contributed by atoms with Crippen LogP contribution >= 0.6 is 0 Å². The number of Topliss-reactive ketones (excluding diaryl/α,β-unsaturated/α-hetero) is 1. The number of benzene rings is 3. The summed E-state index contributed by atoms with van der Waals surface area (Å²) in [5.74, 6) is 0.0163. The Bertz CT molecular complexity index is 1360. The Labute approximate surface area is 213 Å². The maximum atomic E-state index is 13.5. The Morgan fingerprint density at radius 2 is 1.67 bits per heavy atom. The van der Waals surface area contributed by atoms with Gasteiger partial charge >= 0.3 is 0 Å². The number of halogens is 1. The van der Waals surface area contributed by atoms with Gasteiger partial charge in [0, 0.05) is 48.2 Å². The maximum Gasteiger partial charge on any atom is 0.162 e. The molecule has 0 unspecified atom stereocenters. The molecule has 2 heterocycles. The van der Waals surface area contributed by atoms with Gasteiger partial charge in [-0.15, -0.1) is 0 Å². The lowest BCUT2D eigenvalue weighted by Crippen LogP contribution is -2.32. The number of aromatic nitrogens is 1. The molecular weight excluding hydrogens is 447 g/mol.